The Morgan fingerprint density at radius 2 is 0.377 bits per heavy atom. The van der Waals surface area contributed by atoms with Gasteiger partial charge < -0.3 is 27.8 Å². The summed E-state index contributed by atoms with van der Waals surface area (Å²) in [6, 6.07) is 192. The SMILES string of the molecule is c1ccc(-c2ccc(-c3ccc(N(c4ccc(-c5cccc6c5oc5ccccc56)cc4)c4cccc(-c5ccccc5-c5ccccc5-n5c6ccccc6c6ccccc65)c4)cc3)cc2)cc1.c1ccc(-c2ccc(-c3cccc(N(c4ccc(-c5cccc6c5oc5ccccc56)cc4)c4cccc(-c5ccccc5-c5ccccc5-n5c6ccccc6c6ccccc65)c4)c3)cc2)cc1. The van der Waals surface area contributed by atoms with Gasteiger partial charge in [0.1, 0.15) is 22.3 Å². The summed E-state index contributed by atoms with van der Waals surface area (Å²) in [6.07, 6.45) is 0. The van der Waals surface area contributed by atoms with Crippen molar-refractivity contribution in [3.05, 3.63) is 534 Å². The van der Waals surface area contributed by atoms with Crippen LogP contribution in [-0.4, -0.2) is 9.13 Å². The summed E-state index contributed by atoms with van der Waals surface area (Å²) in [4.78, 5) is 4.75. The zero-order valence-corrected chi connectivity index (χ0v) is 75.4. The molecule has 0 aliphatic carbocycles. The summed E-state index contributed by atoms with van der Waals surface area (Å²) in [5, 5.41) is 9.49. The van der Waals surface area contributed by atoms with Crippen LogP contribution in [0.1, 0.15) is 0 Å². The van der Waals surface area contributed by atoms with Gasteiger partial charge in [0.05, 0.1) is 33.4 Å². The third-order valence-corrected chi connectivity index (χ3v) is 27.3. The fraction of sp³-hybridized carbons (Fsp3) is 0. The second-order valence-corrected chi connectivity index (χ2v) is 35.3. The molecule has 26 rings (SSSR count). The van der Waals surface area contributed by atoms with Crippen molar-refractivity contribution in [3.8, 4) is 123 Å². The van der Waals surface area contributed by atoms with E-state index in [1.165, 1.54) is 93.7 Å². The largest absolute Gasteiger partial charge is 0.455 e. The Balaban J connectivity index is 0.000000146. The lowest BCUT2D eigenvalue weighted by Gasteiger charge is -2.27. The van der Waals surface area contributed by atoms with E-state index >= 15 is 0 Å². The van der Waals surface area contributed by atoms with Crippen LogP contribution in [0.3, 0.4) is 0 Å². The molecule has 0 radical (unpaired) electrons. The molecule has 4 heterocycles. The standard InChI is InChI=1S/2C66H44N2O/c1-2-17-45(18-3-1)46-35-37-47(38-36-46)49-19-14-21-52(43-49)67(51-41-39-48(40-42-51)55-29-16-30-61-60-28-9-13-34-65(60)69-66(55)61)53-22-15-20-50(44-53)54-23-4-5-24-56(54)57-25-6-10-31-62(57)68-63-32-11-7-26-58(63)59-27-8-12-33-64(59)68;1-2-16-45(17-3-1)46-32-34-47(35-33-46)48-36-40-51(41-37-48)67(52-42-38-49(39-43-52)55-26-15-27-61-60-25-9-13-31-65(60)69-66(55)61)53-19-14-18-50(44-53)54-20-4-5-21-56(54)57-22-6-10-28-62(57)68-63-29-11-7-23-58(63)59-24-8-12-30-64(59)68/h2*1-44H. The maximum absolute atomic E-state index is 6.49. The summed E-state index contributed by atoms with van der Waals surface area (Å²) in [5.74, 6) is 0. The number of aromatic nitrogens is 2. The van der Waals surface area contributed by atoms with Gasteiger partial charge in [-0.05, 0) is 210 Å². The monoisotopic (exact) mass is 1760 g/mol. The Kier molecular flexibility index (Phi) is 20.9. The normalized spacial score (nSPS) is 11.5. The van der Waals surface area contributed by atoms with Crippen molar-refractivity contribution >= 4 is 122 Å². The Bertz CT molecular complexity index is 8950. The molecule has 6 heteroatoms. The van der Waals surface area contributed by atoms with Gasteiger partial charge in [0.2, 0.25) is 0 Å². The summed E-state index contributed by atoms with van der Waals surface area (Å²) >= 11 is 0. The van der Waals surface area contributed by atoms with Crippen LogP contribution in [0.2, 0.25) is 0 Å². The first kappa shape index (κ1) is 81.6. The fourth-order valence-electron chi connectivity index (χ4n) is 20.7. The number of para-hydroxylation sites is 10. The molecule has 648 valence electrons. The van der Waals surface area contributed by atoms with Crippen LogP contribution in [0.25, 0.3) is 210 Å². The molecule has 0 amide bonds. The van der Waals surface area contributed by atoms with Crippen LogP contribution < -0.4 is 9.80 Å². The van der Waals surface area contributed by atoms with Crippen molar-refractivity contribution in [1.82, 2.24) is 9.13 Å². The average Bonchev–Trinajstić information content (AvgIpc) is 1.56. The van der Waals surface area contributed by atoms with E-state index < -0.39 is 0 Å². The number of hydrogen-bond donors (Lipinski definition) is 0. The molecule has 4 aromatic heterocycles. The lowest BCUT2D eigenvalue weighted by Crippen LogP contribution is -2.10. The molecule has 0 spiro atoms. The molecule has 0 atom stereocenters. The van der Waals surface area contributed by atoms with E-state index in [4.69, 9.17) is 8.83 Å². The topological polar surface area (TPSA) is 42.6 Å². The van der Waals surface area contributed by atoms with Gasteiger partial charge in [-0.25, -0.2) is 0 Å². The Morgan fingerprint density at radius 1 is 0.138 bits per heavy atom. The van der Waals surface area contributed by atoms with Crippen molar-refractivity contribution in [2.75, 3.05) is 9.80 Å². The quantitative estimate of drug-likeness (QED) is 0.0859. The molecular weight excluding hydrogens is 1670 g/mol. The maximum atomic E-state index is 6.49. The Hall–Kier alpha value is -18.4. The van der Waals surface area contributed by atoms with Gasteiger partial charge >= 0.3 is 0 Å². The first-order valence-electron chi connectivity index (χ1n) is 47.2. The molecule has 0 bridgehead atoms. The molecule has 22 aromatic carbocycles. The number of hydrogen-bond acceptors (Lipinski definition) is 4. The van der Waals surface area contributed by atoms with Crippen LogP contribution in [0.15, 0.2) is 543 Å². The lowest BCUT2D eigenvalue weighted by molar-refractivity contribution is 0.669. The zero-order valence-electron chi connectivity index (χ0n) is 75.4. The molecule has 0 aliphatic heterocycles. The molecule has 0 fully saturated rings. The fourth-order valence-corrected chi connectivity index (χ4v) is 20.7. The van der Waals surface area contributed by atoms with Gasteiger partial charge in [-0.1, -0.05) is 413 Å². The summed E-state index contributed by atoms with van der Waals surface area (Å²) in [7, 11) is 0. The van der Waals surface area contributed by atoms with Crippen molar-refractivity contribution in [2.24, 2.45) is 0 Å². The van der Waals surface area contributed by atoms with Crippen LogP contribution in [-0.2, 0) is 0 Å². The lowest BCUT2D eigenvalue weighted by atomic mass is 9.93. The van der Waals surface area contributed by atoms with Gasteiger partial charge in [0.25, 0.3) is 0 Å². The molecule has 0 unspecified atom stereocenters. The molecule has 0 saturated heterocycles. The van der Waals surface area contributed by atoms with E-state index in [0.29, 0.717) is 0 Å². The number of rotatable bonds is 18. The van der Waals surface area contributed by atoms with Gasteiger partial charge in [0, 0.05) is 99.5 Å². The number of benzene rings is 22. The minimum atomic E-state index is 0.897. The number of nitrogens with zero attached hydrogens (tertiary/aromatic N) is 4. The van der Waals surface area contributed by atoms with Gasteiger partial charge in [-0.15, -0.1) is 0 Å². The van der Waals surface area contributed by atoms with E-state index in [0.717, 1.165) is 151 Å². The van der Waals surface area contributed by atoms with E-state index in [9.17, 15) is 0 Å². The molecule has 0 N–H and O–H groups in total. The summed E-state index contributed by atoms with van der Waals surface area (Å²) in [5.41, 5.74) is 40.1. The third kappa shape index (κ3) is 14.9. The van der Waals surface area contributed by atoms with E-state index in [1.54, 1.807) is 0 Å². The third-order valence-electron chi connectivity index (χ3n) is 27.3. The van der Waals surface area contributed by atoms with Crippen molar-refractivity contribution in [1.29, 1.82) is 0 Å². The van der Waals surface area contributed by atoms with Crippen LogP contribution >= 0.6 is 0 Å². The predicted molar refractivity (Wildman–Crippen MR) is 580 cm³/mol. The first-order valence-corrected chi connectivity index (χ1v) is 47.2. The maximum Gasteiger partial charge on any atom is 0.143 e. The number of fused-ring (bicyclic) bond motifs is 12. The minimum absolute atomic E-state index is 0.897. The predicted octanol–water partition coefficient (Wildman–Crippen LogP) is 37.0. The Labute approximate surface area is 800 Å². The molecule has 0 aliphatic rings. The summed E-state index contributed by atoms with van der Waals surface area (Å²) in [6.45, 7) is 0. The molecular formula is C132H88N4O2. The highest BCUT2D eigenvalue weighted by atomic mass is 16.3. The summed E-state index contributed by atoms with van der Waals surface area (Å²) < 4.78 is 17.8. The van der Waals surface area contributed by atoms with Gasteiger partial charge in [0.15, 0.2) is 0 Å². The van der Waals surface area contributed by atoms with Crippen molar-refractivity contribution in [2.45, 2.75) is 0 Å². The molecule has 0 saturated carbocycles. The van der Waals surface area contributed by atoms with Crippen molar-refractivity contribution < 1.29 is 8.83 Å². The Morgan fingerprint density at radius 3 is 0.754 bits per heavy atom. The van der Waals surface area contributed by atoms with Crippen LogP contribution in [0, 0.1) is 0 Å². The van der Waals surface area contributed by atoms with Crippen LogP contribution in [0.4, 0.5) is 34.1 Å². The van der Waals surface area contributed by atoms with E-state index in [1.807, 2.05) is 24.3 Å². The second kappa shape index (κ2) is 35.3. The smallest absolute Gasteiger partial charge is 0.143 e. The van der Waals surface area contributed by atoms with E-state index in [2.05, 4.69) is 529 Å². The van der Waals surface area contributed by atoms with Crippen LogP contribution in [0.5, 0.6) is 0 Å². The number of anilines is 6. The molecule has 138 heavy (non-hydrogen) atoms. The van der Waals surface area contributed by atoms with Crippen molar-refractivity contribution in [3.63, 3.8) is 0 Å². The highest BCUT2D eigenvalue weighted by molar-refractivity contribution is 6.14. The number of furan rings is 2. The first-order chi connectivity index (χ1) is 68.5. The second-order valence-electron chi connectivity index (χ2n) is 35.3. The van der Waals surface area contributed by atoms with Gasteiger partial charge in [-0.3, -0.25) is 0 Å². The molecule has 26 aromatic rings. The van der Waals surface area contributed by atoms with E-state index in [-0.39, 0.29) is 0 Å². The highest BCUT2D eigenvalue weighted by Crippen LogP contribution is 2.49. The highest BCUT2D eigenvalue weighted by Gasteiger charge is 2.25. The average molecular weight is 1760 g/mol. The van der Waals surface area contributed by atoms with Gasteiger partial charge in [-0.2, -0.15) is 0 Å². The zero-order chi connectivity index (χ0) is 91.4. The minimum Gasteiger partial charge on any atom is -0.455 e. The molecule has 6 nitrogen and oxygen atoms in total.